The van der Waals surface area contributed by atoms with E-state index in [1.807, 2.05) is 13.8 Å². The van der Waals surface area contributed by atoms with Crippen LogP contribution in [0.4, 0.5) is 36.5 Å². The van der Waals surface area contributed by atoms with Crippen molar-refractivity contribution in [2.45, 2.75) is 38.7 Å². The highest BCUT2D eigenvalue weighted by molar-refractivity contribution is 6.12. The molecule has 0 unspecified atom stereocenters. The molecule has 4 rings (SSSR count). The highest BCUT2D eigenvalue weighted by Gasteiger charge is 2.34. The first-order valence-corrected chi connectivity index (χ1v) is 11.9. The van der Waals surface area contributed by atoms with E-state index in [1.165, 1.54) is 40.1 Å². The Morgan fingerprint density at radius 2 is 1.85 bits per heavy atom. The number of aliphatic imine (C=N–C) groups is 1. The number of benzene rings is 2. The first kappa shape index (κ1) is 27.8. The molecule has 0 atom stereocenters. The Morgan fingerprint density at radius 3 is 2.49 bits per heavy atom. The number of carbonyl (C=O) groups is 1. The Balaban J connectivity index is 1.76. The lowest BCUT2D eigenvalue weighted by Gasteiger charge is -2.36. The number of nitrogens with two attached hydrogens (primary N) is 1. The van der Waals surface area contributed by atoms with Crippen LogP contribution in [0, 0.1) is 0 Å². The van der Waals surface area contributed by atoms with Crippen LogP contribution in [0.3, 0.4) is 0 Å². The lowest BCUT2D eigenvalue weighted by Crippen LogP contribution is -2.45. The zero-order valence-corrected chi connectivity index (χ0v) is 21.2. The maximum absolute atomic E-state index is 13.9. The van der Waals surface area contributed by atoms with Crippen LogP contribution in [0.5, 0.6) is 11.6 Å². The Labute approximate surface area is 224 Å². The van der Waals surface area contributed by atoms with E-state index in [0.29, 0.717) is 28.2 Å². The van der Waals surface area contributed by atoms with Gasteiger partial charge in [-0.15, -0.1) is 0 Å². The SMILES string of the molecule is [B]C(O)(O)Oc1ccc(N2C(=O)N(c3ccc(N)c(C=NC(C)C)c3)Cc3ccc(OCC(F)F)nc32)cc1. The standard InChI is InChI=1S/C26H26BF2N5O5/c1-15(2)31-12-17-11-19(6-9-21(17)30)33-13-16-3-10-23(38-14-22(28)29)32-24(16)34(25(33)35)18-4-7-20(8-5-18)39-26(27,36)37/h3-12,15,22,36-37H,13-14,30H2,1-2H3. The van der Waals surface area contributed by atoms with Gasteiger partial charge in [0.25, 0.3) is 12.3 Å². The first-order chi connectivity index (χ1) is 18.4. The van der Waals surface area contributed by atoms with Gasteiger partial charge in [-0.05, 0) is 62.4 Å². The number of rotatable bonds is 9. The molecule has 2 amide bonds. The van der Waals surface area contributed by atoms with Gasteiger partial charge in [-0.2, -0.15) is 4.98 Å². The smallest absolute Gasteiger partial charge is 0.335 e. The third-order valence-corrected chi connectivity index (χ3v) is 5.51. The fourth-order valence-corrected chi connectivity index (χ4v) is 3.80. The molecule has 1 aliphatic rings. The quantitative estimate of drug-likeness (QED) is 0.165. The topological polar surface area (TPSA) is 134 Å². The number of fused-ring (bicyclic) bond motifs is 1. The number of alkyl halides is 2. The predicted molar refractivity (Wildman–Crippen MR) is 143 cm³/mol. The maximum atomic E-state index is 13.9. The number of carbonyl (C=O) groups excluding carboxylic acids is 1. The third kappa shape index (κ3) is 6.81. The molecule has 13 heteroatoms. The van der Waals surface area contributed by atoms with Crippen LogP contribution in [0.25, 0.3) is 0 Å². The molecule has 39 heavy (non-hydrogen) atoms. The van der Waals surface area contributed by atoms with Gasteiger partial charge in [0.1, 0.15) is 11.6 Å². The van der Waals surface area contributed by atoms with E-state index in [-0.39, 0.29) is 30.0 Å². The molecule has 1 aliphatic heterocycles. The second-order valence-corrected chi connectivity index (χ2v) is 8.98. The Morgan fingerprint density at radius 1 is 1.15 bits per heavy atom. The second kappa shape index (κ2) is 11.3. The number of aromatic nitrogens is 1. The van der Waals surface area contributed by atoms with Gasteiger partial charge < -0.3 is 25.4 Å². The van der Waals surface area contributed by atoms with Crippen molar-refractivity contribution in [3.8, 4) is 11.6 Å². The molecule has 1 aromatic heterocycles. The molecule has 0 fully saturated rings. The van der Waals surface area contributed by atoms with Crippen molar-refractivity contribution >= 4 is 43.0 Å². The van der Waals surface area contributed by atoms with E-state index >= 15 is 0 Å². The number of hydrogen-bond donors (Lipinski definition) is 3. The summed E-state index contributed by atoms with van der Waals surface area (Å²) in [5.74, 6) is -2.77. The van der Waals surface area contributed by atoms with E-state index < -0.39 is 24.9 Å². The number of aliphatic hydroxyl groups is 2. The number of nitrogens with zero attached hydrogens (tertiary/aromatic N) is 4. The lowest BCUT2D eigenvalue weighted by atomic mass is 10.1. The molecule has 0 saturated heterocycles. The zero-order valence-electron chi connectivity index (χ0n) is 21.2. The van der Waals surface area contributed by atoms with Gasteiger partial charge in [0.05, 0.1) is 12.2 Å². The van der Waals surface area contributed by atoms with E-state index in [9.17, 15) is 23.8 Å². The normalized spacial score (nSPS) is 13.9. The lowest BCUT2D eigenvalue weighted by molar-refractivity contribution is -0.223. The summed E-state index contributed by atoms with van der Waals surface area (Å²) >= 11 is 0. The van der Waals surface area contributed by atoms with Crippen molar-refractivity contribution in [1.29, 1.82) is 0 Å². The molecule has 3 aromatic rings. The first-order valence-electron chi connectivity index (χ1n) is 11.9. The molecule has 0 aliphatic carbocycles. The molecule has 2 radical (unpaired) electrons. The molecule has 2 aromatic carbocycles. The summed E-state index contributed by atoms with van der Waals surface area (Å²) in [6.45, 7) is 3.13. The monoisotopic (exact) mass is 537 g/mol. The van der Waals surface area contributed by atoms with E-state index in [1.54, 1.807) is 30.5 Å². The maximum Gasteiger partial charge on any atom is 0.335 e. The number of halogens is 2. The van der Waals surface area contributed by atoms with Crippen LogP contribution < -0.4 is 25.0 Å². The summed E-state index contributed by atoms with van der Waals surface area (Å²) in [6.07, 6.45) is -1.05. The number of pyridine rings is 1. The van der Waals surface area contributed by atoms with Gasteiger partial charge in [0.15, 0.2) is 6.61 Å². The number of nitrogen functional groups attached to an aromatic ring is 1. The second-order valence-electron chi connectivity index (χ2n) is 8.98. The summed E-state index contributed by atoms with van der Waals surface area (Å²) in [7, 11) is 5.07. The van der Waals surface area contributed by atoms with Crippen LogP contribution in [-0.2, 0) is 6.54 Å². The number of ether oxygens (including phenoxy) is 2. The summed E-state index contributed by atoms with van der Waals surface area (Å²) in [4.78, 5) is 25.4. The van der Waals surface area contributed by atoms with Gasteiger partial charge in [-0.3, -0.25) is 9.89 Å². The molecule has 4 N–H and O–H groups in total. The highest BCUT2D eigenvalue weighted by Crippen LogP contribution is 2.38. The van der Waals surface area contributed by atoms with Crippen LogP contribution >= 0.6 is 0 Å². The van der Waals surface area contributed by atoms with Gasteiger partial charge in [0.2, 0.25) is 13.7 Å². The number of urea groups is 1. The van der Waals surface area contributed by atoms with Crippen molar-refractivity contribution in [3.05, 3.63) is 65.7 Å². The average molecular weight is 537 g/mol. The van der Waals surface area contributed by atoms with Crippen LogP contribution in [0.2, 0.25) is 0 Å². The fraction of sp³-hybridized carbons (Fsp3) is 0.269. The number of hydrogen-bond acceptors (Lipinski definition) is 8. The van der Waals surface area contributed by atoms with Crippen LogP contribution in [-0.4, -0.2) is 60.2 Å². The Bertz CT molecular complexity index is 1370. The van der Waals surface area contributed by atoms with Crippen molar-refractivity contribution in [1.82, 2.24) is 4.98 Å². The number of amides is 2. The van der Waals surface area contributed by atoms with Gasteiger partial charge in [-0.25, -0.2) is 18.5 Å². The molecule has 0 spiro atoms. The average Bonchev–Trinajstić information content (AvgIpc) is 2.86. The summed E-state index contributed by atoms with van der Waals surface area (Å²) in [5.41, 5.74) is 8.73. The molecule has 10 nitrogen and oxygen atoms in total. The van der Waals surface area contributed by atoms with Gasteiger partial charge >= 0.3 is 6.03 Å². The Kier molecular flexibility index (Phi) is 8.02. The van der Waals surface area contributed by atoms with Crippen molar-refractivity contribution in [3.63, 3.8) is 0 Å². The summed E-state index contributed by atoms with van der Waals surface area (Å²) in [5, 5.41) is 18.6. The Hall–Kier alpha value is -4.23. The minimum Gasteiger partial charge on any atom is -0.472 e. The van der Waals surface area contributed by atoms with Gasteiger partial charge in [0, 0.05) is 40.8 Å². The molecular weight excluding hydrogens is 511 g/mol. The van der Waals surface area contributed by atoms with Crippen molar-refractivity contribution in [2.24, 2.45) is 4.99 Å². The number of anilines is 4. The molecule has 202 valence electrons. The van der Waals surface area contributed by atoms with Crippen LogP contribution in [0.15, 0.2) is 59.6 Å². The van der Waals surface area contributed by atoms with Gasteiger partial charge in [-0.1, -0.05) is 0 Å². The molecule has 2 heterocycles. The fourth-order valence-electron chi connectivity index (χ4n) is 3.80. The molecular formula is C26H26BF2N5O5. The summed E-state index contributed by atoms with van der Waals surface area (Å²) < 4.78 is 35.3. The van der Waals surface area contributed by atoms with E-state index in [4.69, 9.17) is 23.1 Å². The molecule has 0 saturated carbocycles. The zero-order chi connectivity index (χ0) is 28.3. The van der Waals surface area contributed by atoms with Crippen molar-refractivity contribution in [2.75, 3.05) is 22.1 Å². The molecule has 0 bridgehead atoms. The van der Waals surface area contributed by atoms with E-state index in [0.717, 1.165) is 0 Å². The van der Waals surface area contributed by atoms with Crippen LogP contribution in [0.1, 0.15) is 25.0 Å². The van der Waals surface area contributed by atoms with Crippen molar-refractivity contribution < 1.29 is 33.3 Å². The summed E-state index contributed by atoms with van der Waals surface area (Å²) in [6, 6.07) is 13.5. The third-order valence-electron chi connectivity index (χ3n) is 5.51. The highest BCUT2D eigenvalue weighted by atomic mass is 19.3. The minimum atomic E-state index is -2.89. The van der Waals surface area contributed by atoms with E-state index in [2.05, 4.69) is 9.98 Å². The minimum absolute atomic E-state index is 0.0161. The largest absolute Gasteiger partial charge is 0.472 e. The predicted octanol–water partition coefficient (Wildman–Crippen LogP) is 3.56.